The number of benzene rings is 1. The van der Waals surface area contributed by atoms with Gasteiger partial charge < -0.3 is 15.0 Å². The van der Waals surface area contributed by atoms with E-state index in [0.29, 0.717) is 11.7 Å². The molecule has 1 aromatic carbocycles. The lowest BCUT2D eigenvalue weighted by Gasteiger charge is -2.20. The molecule has 0 radical (unpaired) electrons. The van der Waals surface area contributed by atoms with Crippen LogP contribution in [0, 0.1) is 6.92 Å². The van der Waals surface area contributed by atoms with Crippen molar-refractivity contribution in [1.29, 1.82) is 0 Å². The number of thiocarbonyl (C=S) groups is 1. The quantitative estimate of drug-likeness (QED) is 0.432. The van der Waals surface area contributed by atoms with E-state index in [2.05, 4.69) is 32.9 Å². The topological polar surface area (TPSA) is 66.7 Å². The van der Waals surface area contributed by atoms with Crippen molar-refractivity contribution in [2.75, 3.05) is 31.1 Å². The average Bonchev–Trinajstić information content (AvgIpc) is 3.49. The van der Waals surface area contributed by atoms with E-state index in [9.17, 15) is 0 Å². The van der Waals surface area contributed by atoms with Gasteiger partial charge >= 0.3 is 0 Å². The van der Waals surface area contributed by atoms with Crippen molar-refractivity contribution in [2.45, 2.75) is 38.7 Å². The van der Waals surface area contributed by atoms with Gasteiger partial charge in [-0.1, -0.05) is 18.2 Å². The van der Waals surface area contributed by atoms with E-state index in [1.807, 2.05) is 36.0 Å². The highest BCUT2D eigenvalue weighted by molar-refractivity contribution is 7.80. The van der Waals surface area contributed by atoms with Crippen molar-refractivity contribution in [3.05, 3.63) is 41.6 Å². The third-order valence-electron chi connectivity index (χ3n) is 5.36. The molecule has 2 saturated heterocycles. The first-order valence-electron chi connectivity index (χ1n) is 10.3. The molecule has 154 valence electrons. The largest absolute Gasteiger partial charge is 0.376 e. The Labute approximate surface area is 177 Å². The predicted octanol–water partition coefficient (Wildman–Crippen LogP) is 2.76. The van der Waals surface area contributed by atoms with Crippen LogP contribution < -0.4 is 15.6 Å². The fourth-order valence-electron chi connectivity index (χ4n) is 3.87. The summed E-state index contributed by atoms with van der Waals surface area (Å²) in [6.45, 7) is 5.65. The van der Waals surface area contributed by atoms with E-state index in [0.717, 1.165) is 55.3 Å². The minimum Gasteiger partial charge on any atom is -0.376 e. The lowest BCUT2D eigenvalue weighted by atomic mass is 10.2. The van der Waals surface area contributed by atoms with Crippen LogP contribution in [0.15, 0.2) is 35.4 Å². The van der Waals surface area contributed by atoms with Crippen LogP contribution >= 0.6 is 12.2 Å². The molecule has 0 amide bonds. The molecular formula is C21H28N6OS. The van der Waals surface area contributed by atoms with E-state index in [4.69, 9.17) is 22.1 Å². The lowest BCUT2D eigenvalue weighted by Crippen LogP contribution is -2.37. The number of ether oxygens (including phenoxy) is 1. The number of aryl methyl sites for hydroxylation is 1. The van der Waals surface area contributed by atoms with Crippen molar-refractivity contribution < 1.29 is 4.74 Å². The van der Waals surface area contributed by atoms with Crippen molar-refractivity contribution in [1.82, 2.24) is 20.5 Å². The normalized spacial score (nSPS) is 19.2. The van der Waals surface area contributed by atoms with E-state index >= 15 is 0 Å². The van der Waals surface area contributed by atoms with Gasteiger partial charge in [0.25, 0.3) is 0 Å². The molecule has 4 rings (SSSR count). The number of aromatic nitrogens is 2. The summed E-state index contributed by atoms with van der Waals surface area (Å²) in [5, 5.41) is 12.9. The number of hydrazone groups is 1. The molecule has 0 saturated carbocycles. The van der Waals surface area contributed by atoms with Gasteiger partial charge in [-0.2, -0.15) is 10.2 Å². The Bertz CT molecular complexity index is 854. The molecule has 29 heavy (non-hydrogen) atoms. The molecule has 1 aromatic heterocycles. The summed E-state index contributed by atoms with van der Waals surface area (Å²) >= 11 is 5.34. The average molecular weight is 413 g/mol. The molecule has 2 aliphatic heterocycles. The van der Waals surface area contributed by atoms with Crippen LogP contribution in [0.5, 0.6) is 0 Å². The summed E-state index contributed by atoms with van der Waals surface area (Å²) in [6, 6.07) is 10.2. The third-order valence-corrected chi connectivity index (χ3v) is 5.60. The summed E-state index contributed by atoms with van der Waals surface area (Å²) in [6.07, 6.45) is 6.67. The summed E-state index contributed by atoms with van der Waals surface area (Å²) in [5.41, 5.74) is 5.95. The van der Waals surface area contributed by atoms with Gasteiger partial charge in [-0.3, -0.25) is 5.43 Å². The number of rotatable bonds is 6. The van der Waals surface area contributed by atoms with Crippen molar-refractivity contribution in [3.63, 3.8) is 0 Å². The number of nitrogens with zero attached hydrogens (tertiary/aromatic N) is 4. The molecule has 0 aliphatic carbocycles. The second-order valence-electron chi connectivity index (χ2n) is 7.48. The van der Waals surface area contributed by atoms with Crippen LogP contribution in [-0.2, 0) is 4.74 Å². The second-order valence-corrected chi connectivity index (χ2v) is 7.89. The van der Waals surface area contributed by atoms with Crippen molar-refractivity contribution >= 4 is 29.4 Å². The Morgan fingerprint density at radius 1 is 1.28 bits per heavy atom. The minimum atomic E-state index is 0.242. The highest BCUT2D eigenvalue weighted by atomic mass is 32.1. The fraction of sp³-hybridized carbons (Fsp3) is 0.476. The predicted molar refractivity (Wildman–Crippen MR) is 120 cm³/mol. The number of nitrogens with one attached hydrogen (secondary N) is 2. The van der Waals surface area contributed by atoms with Crippen LogP contribution in [-0.4, -0.2) is 53.5 Å². The maximum atomic E-state index is 5.61. The Kier molecular flexibility index (Phi) is 6.41. The molecule has 1 atom stereocenters. The number of para-hydroxylation sites is 1. The van der Waals surface area contributed by atoms with Gasteiger partial charge in [0.15, 0.2) is 5.11 Å². The van der Waals surface area contributed by atoms with Crippen molar-refractivity contribution in [2.24, 2.45) is 5.10 Å². The Hall–Kier alpha value is -2.45. The molecule has 2 aliphatic rings. The monoisotopic (exact) mass is 412 g/mol. The van der Waals surface area contributed by atoms with Crippen LogP contribution in [0.3, 0.4) is 0 Å². The van der Waals surface area contributed by atoms with Gasteiger partial charge in [0.2, 0.25) is 0 Å². The smallest absolute Gasteiger partial charge is 0.187 e. The number of hydrogen-bond acceptors (Lipinski definition) is 5. The van der Waals surface area contributed by atoms with Crippen LogP contribution in [0.4, 0.5) is 5.82 Å². The van der Waals surface area contributed by atoms with Gasteiger partial charge in [-0.15, -0.1) is 0 Å². The van der Waals surface area contributed by atoms with Crippen LogP contribution in [0.1, 0.15) is 36.9 Å². The highest BCUT2D eigenvalue weighted by Gasteiger charge is 2.23. The zero-order chi connectivity index (χ0) is 20.1. The van der Waals surface area contributed by atoms with E-state index in [1.54, 1.807) is 0 Å². The molecule has 0 spiro atoms. The minimum absolute atomic E-state index is 0.242. The Morgan fingerprint density at radius 3 is 2.79 bits per heavy atom. The Morgan fingerprint density at radius 2 is 2.07 bits per heavy atom. The van der Waals surface area contributed by atoms with Crippen LogP contribution in [0.2, 0.25) is 0 Å². The van der Waals surface area contributed by atoms with Gasteiger partial charge in [-0.05, 0) is 57.0 Å². The lowest BCUT2D eigenvalue weighted by molar-refractivity contribution is 0.114. The molecule has 2 aromatic rings. The zero-order valence-corrected chi connectivity index (χ0v) is 17.6. The summed E-state index contributed by atoms with van der Waals surface area (Å²) in [7, 11) is 0. The third kappa shape index (κ3) is 4.76. The van der Waals surface area contributed by atoms with Gasteiger partial charge in [0, 0.05) is 26.2 Å². The molecule has 0 bridgehead atoms. The standard InChI is InChI=1S/C21H28N6OS/c1-16-19(15-23-24-21(29)22-14-18-10-7-13-28-18)20(26-11-5-6-12-26)27(25-16)17-8-3-2-4-9-17/h2-4,8-9,15,18H,5-7,10-14H2,1H3,(H2,22,24,29)/b23-15-/t18-/m0/s1. The van der Waals surface area contributed by atoms with E-state index < -0.39 is 0 Å². The van der Waals surface area contributed by atoms with E-state index in [1.165, 1.54) is 12.8 Å². The van der Waals surface area contributed by atoms with Crippen LogP contribution in [0.25, 0.3) is 5.69 Å². The summed E-state index contributed by atoms with van der Waals surface area (Å²) < 4.78 is 7.63. The maximum Gasteiger partial charge on any atom is 0.187 e. The first kappa shape index (κ1) is 19.8. The molecule has 3 heterocycles. The molecule has 2 N–H and O–H groups in total. The number of anilines is 1. The van der Waals surface area contributed by atoms with Gasteiger partial charge in [-0.25, -0.2) is 4.68 Å². The van der Waals surface area contributed by atoms with Crippen molar-refractivity contribution in [3.8, 4) is 5.69 Å². The van der Waals surface area contributed by atoms with Gasteiger partial charge in [0.05, 0.1) is 29.3 Å². The molecule has 0 unspecified atom stereocenters. The zero-order valence-electron chi connectivity index (χ0n) is 16.8. The Balaban J connectivity index is 1.49. The number of hydrogen-bond donors (Lipinski definition) is 2. The second kappa shape index (κ2) is 9.37. The van der Waals surface area contributed by atoms with E-state index in [-0.39, 0.29) is 6.10 Å². The molecule has 2 fully saturated rings. The molecular weight excluding hydrogens is 384 g/mol. The molecule has 7 nitrogen and oxygen atoms in total. The SMILES string of the molecule is Cc1nn(-c2ccccc2)c(N2CCCC2)c1/C=N\NC(=S)NC[C@@H]1CCCO1. The summed E-state index contributed by atoms with van der Waals surface area (Å²) in [4.78, 5) is 2.39. The first-order valence-corrected chi connectivity index (χ1v) is 10.7. The molecule has 8 heteroatoms. The maximum absolute atomic E-state index is 5.61. The summed E-state index contributed by atoms with van der Waals surface area (Å²) in [5.74, 6) is 1.09. The fourth-order valence-corrected chi connectivity index (χ4v) is 4.00. The highest BCUT2D eigenvalue weighted by Crippen LogP contribution is 2.28. The first-order chi connectivity index (χ1) is 14.2. The van der Waals surface area contributed by atoms with Gasteiger partial charge in [0.1, 0.15) is 5.82 Å².